The molecule has 1 aliphatic rings. The number of carbonyl (C=O) groups is 1. The summed E-state index contributed by atoms with van der Waals surface area (Å²) in [6, 6.07) is 2.36. The van der Waals surface area contributed by atoms with E-state index in [1.165, 1.54) is 4.88 Å². The molecule has 4 heteroatoms. The summed E-state index contributed by atoms with van der Waals surface area (Å²) in [5.74, 6) is 0.584. The first kappa shape index (κ1) is 12.6. The van der Waals surface area contributed by atoms with Gasteiger partial charge in [-0.15, -0.1) is 11.3 Å². The van der Waals surface area contributed by atoms with Crippen LogP contribution >= 0.6 is 11.3 Å². The van der Waals surface area contributed by atoms with E-state index in [9.17, 15) is 4.79 Å². The van der Waals surface area contributed by atoms with E-state index in [1.54, 1.807) is 11.3 Å². The molecule has 1 aliphatic heterocycles. The van der Waals surface area contributed by atoms with Crippen LogP contribution in [-0.4, -0.2) is 25.0 Å². The maximum atomic E-state index is 12.0. The number of rotatable bonds is 3. The molecule has 94 valence electrons. The van der Waals surface area contributed by atoms with Crippen LogP contribution in [0.15, 0.2) is 11.4 Å². The first-order valence-electron chi connectivity index (χ1n) is 6.27. The highest BCUT2D eigenvalue weighted by Gasteiger charge is 2.17. The second-order valence-corrected chi connectivity index (χ2v) is 5.83. The van der Waals surface area contributed by atoms with Crippen molar-refractivity contribution in [1.82, 2.24) is 10.6 Å². The Hall–Kier alpha value is -0.870. The SMILES string of the molecule is CC(C)c1cc(C(=O)NC2CCNCC2)cs1. The van der Waals surface area contributed by atoms with Crippen LogP contribution in [0, 0.1) is 0 Å². The molecule has 0 saturated carbocycles. The standard InChI is InChI=1S/C13H20N2OS/c1-9(2)12-7-10(8-17-12)13(16)15-11-3-5-14-6-4-11/h7-9,11,14H,3-6H2,1-2H3,(H,15,16). The molecule has 1 fully saturated rings. The Morgan fingerprint density at radius 2 is 2.18 bits per heavy atom. The first-order chi connectivity index (χ1) is 8.16. The monoisotopic (exact) mass is 252 g/mol. The number of thiophene rings is 1. The van der Waals surface area contributed by atoms with E-state index < -0.39 is 0 Å². The van der Waals surface area contributed by atoms with E-state index in [2.05, 4.69) is 24.5 Å². The maximum absolute atomic E-state index is 12.0. The normalized spacial score (nSPS) is 17.4. The van der Waals surface area contributed by atoms with Gasteiger partial charge in [-0.1, -0.05) is 13.8 Å². The van der Waals surface area contributed by atoms with Crippen molar-refractivity contribution in [2.75, 3.05) is 13.1 Å². The molecule has 0 atom stereocenters. The smallest absolute Gasteiger partial charge is 0.252 e. The summed E-state index contributed by atoms with van der Waals surface area (Å²) in [5.41, 5.74) is 0.817. The third kappa shape index (κ3) is 3.30. The van der Waals surface area contributed by atoms with Crippen molar-refractivity contribution < 1.29 is 4.79 Å². The molecule has 0 bridgehead atoms. The first-order valence-corrected chi connectivity index (χ1v) is 7.15. The largest absolute Gasteiger partial charge is 0.349 e. The number of hydrogen-bond acceptors (Lipinski definition) is 3. The molecule has 1 aromatic heterocycles. The van der Waals surface area contributed by atoms with Gasteiger partial charge in [0.2, 0.25) is 0 Å². The van der Waals surface area contributed by atoms with Gasteiger partial charge in [-0.05, 0) is 37.9 Å². The average molecular weight is 252 g/mol. The molecule has 2 N–H and O–H groups in total. The summed E-state index contributed by atoms with van der Waals surface area (Å²) >= 11 is 1.67. The lowest BCUT2D eigenvalue weighted by molar-refractivity contribution is 0.0930. The van der Waals surface area contributed by atoms with Gasteiger partial charge in [-0.25, -0.2) is 0 Å². The number of nitrogens with one attached hydrogen (secondary N) is 2. The highest BCUT2D eigenvalue weighted by atomic mass is 32.1. The van der Waals surface area contributed by atoms with Crippen molar-refractivity contribution in [2.45, 2.75) is 38.6 Å². The molecule has 2 rings (SSSR count). The Balaban J connectivity index is 1.94. The van der Waals surface area contributed by atoms with Gasteiger partial charge in [0.05, 0.1) is 5.56 Å². The minimum absolute atomic E-state index is 0.0834. The summed E-state index contributed by atoms with van der Waals surface area (Å²) in [4.78, 5) is 13.3. The molecule has 3 nitrogen and oxygen atoms in total. The summed E-state index contributed by atoms with van der Waals surface area (Å²) in [6.45, 7) is 6.32. The molecule has 1 amide bonds. The lowest BCUT2D eigenvalue weighted by atomic mass is 10.1. The second kappa shape index (κ2) is 5.65. The van der Waals surface area contributed by atoms with Gasteiger partial charge >= 0.3 is 0 Å². The molecule has 0 aliphatic carbocycles. The molecule has 0 spiro atoms. The molecule has 0 aromatic carbocycles. The third-order valence-corrected chi connectivity index (χ3v) is 4.36. The number of piperidine rings is 1. The fraction of sp³-hybridized carbons (Fsp3) is 0.615. The lowest BCUT2D eigenvalue weighted by Gasteiger charge is -2.23. The molecule has 0 radical (unpaired) electrons. The van der Waals surface area contributed by atoms with Gasteiger partial charge in [0.15, 0.2) is 0 Å². The van der Waals surface area contributed by atoms with Gasteiger partial charge in [0.1, 0.15) is 0 Å². The maximum Gasteiger partial charge on any atom is 0.252 e. The minimum atomic E-state index is 0.0834. The zero-order valence-electron chi connectivity index (χ0n) is 10.5. The highest BCUT2D eigenvalue weighted by molar-refractivity contribution is 7.10. The van der Waals surface area contributed by atoms with Crippen LogP contribution < -0.4 is 10.6 Å². The van der Waals surface area contributed by atoms with Crippen LogP contribution in [-0.2, 0) is 0 Å². The molecule has 17 heavy (non-hydrogen) atoms. The van der Waals surface area contributed by atoms with Crippen LogP contribution in [0.1, 0.15) is 47.8 Å². The van der Waals surface area contributed by atoms with E-state index in [0.29, 0.717) is 12.0 Å². The van der Waals surface area contributed by atoms with E-state index in [1.807, 2.05) is 11.4 Å². The topological polar surface area (TPSA) is 41.1 Å². The number of amides is 1. The lowest BCUT2D eigenvalue weighted by Crippen LogP contribution is -2.42. The Morgan fingerprint density at radius 1 is 1.47 bits per heavy atom. The number of carbonyl (C=O) groups excluding carboxylic acids is 1. The van der Waals surface area contributed by atoms with E-state index in [0.717, 1.165) is 31.5 Å². The van der Waals surface area contributed by atoms with Gasteiger partial charge in [-0.2, -0.15) is 0 Å². The van der Waals surface area contributed by atoms with Crippen molar-refractivity contribution in [3.63, 3.8) is 0 Å². The fourth-order valence-electron chi connectivity index (χ4n) is 2.01. The van der Waals surface area contributed by atoms with Crippen LogP contribution in [0.4, 0.5) is 0 Å². The van der Waals surface area contributed by atoms with Crippen molar-refractivity contribution in [2.24, 2.45) is 0 Å². The third-order valence-electron chi connectivity index (χ3n) is 3.13. The van der Waals surface area contributed by atoms with Crippen LogP contribution in [0.3, 0.4) is 0 Å². The molecular weight excluding hydrogens is 232 g/mol. The zero-order chi connectivity index (χ0) is 12.3. The summed E-state index contributed by atoms with van der Waals surface area (Å²) in [7, 11) is 0. The molecule has 2 heterocycles. The Kier molecular flexibility index (Phi) is 4.18. The number of hydrogen-bond donors (Lipinski definition) is 2. The van der Waals surface area contributed by atoms with Crippen molar-refractivity contribution >= 4 is 17.2 Å². The minimum Gasteiger partial charge on any atom is -0.349 e. The summed E-state index contributed by atoms with van der Waals surface area (Å²) in [6.07, 6.45) is 2.07. The predicted octanol–water partition coefficient (Wildman–Crippen LogP) is 2.35. The average Bonchev–Trinajstić information content (AvgIpc) is 2.79. The Bertz CT molecular complexity index is 381. The van der Waals surface area contributed by atoms with E-state index in [4.69, 9.17) is 0 Å². The predicted molar refractivity (Wildman–Crippen MR) is 71.8 cm³/mol. The van der Waals surface area contributed by atoms with Gasteiger partial charge < -0.3 is 10.6 Å². The Morgan fingerprint density at radius 3 is 2.76 bits per heavy atom. The molecule has 1 aromatic rings. The van der Waals surface area contributed by atoms with Gasteiger partial charge in [0.25, 0.3) is 5.91 Å². The van der Waals surface area contributed by atoms with Crippen LogP contribution in [0.2, 0.25) is 0 Å². The van der Waals surface area contributed by atoms with E-state index in [-0.39, 0.29) is 5.91 Å². The summed E-state index contributed by atoms with van der Waals surface area (Å²) < 4.78 is 0. The fourth-order valence-corrected chi connectivity index (χ4v) is 2.91. The van der Waals surface area contributed by atoms with Crippen LogP contribution in [0.25, 0.3) is 0 Å². The van der Waals surface area contributed by atoms with Gasteiger partial charge in [0, 0.05) is 16.3 Å². The Labute approximate surface area is 107 Å². The quantitative estimate of drug-likeness (QED) is 0.867. The van der Waals surface area contributed by atoms with E-state index >= 15 is 0 Å². The molecule has 1 saturated heterocycles. The molecular formula is C13H20N2OS. The van der Waals surface area contributed by atoms with Crippen molar-refractivity contribution in [3.05, 3.63) is 21.9 Å². The van der Waals surface area contributed by atoms with Gasteiger partial charge in [-0.3, -0.25) is 4.79 Å². The van der Waals surface area contributed by atoms with Crippen molar-refractivity contribution in [3.8, 4) is 0 Å². The summed E-state index contributed by atoms with van der Waals surface area (Å²) in [5, 5.41) is 8.38. The highest BCUT2D eigenvalue weighted by Crippen LogP contribution is 2.23. The van der Waals surface area contributed by atoms with Crippen molar-refractivity contribution in [1.29, 1.82) is 0 Å². The van der Waals surface area contributed by atoms with Crippen LogP contribution in [0.5, 0.6) is 0 Å². The second-order valence-electron chi connectivity index (χ2n) is 4.89. The molecule has 0 unspecified atom stereocenters. The zero-order valence-corrected chi connectivity index (χ0v) is 11.3.